The third kappa shape index (κ3) is 1.92. The molecule has 70 valence electrons. The van der Waals surface area contributed by atoms with Crippen LogP contribution in [0.3, 0.4) is 0 Å². The summed E-state index contributed by atoms with van der Waals surface area (Å²) in [4.78, 5) is 0. The molecule has 0 spiro atoms. The molecule has 0 bridgehead atoms. The first kappa shape index (κ1) is 9.16. The van der Waals surface area contributed by atoms with Crippen LogP contribution in [0.15, 0.2) is 22.7 Å². The second kappa shape index (κ2) is 3.76. The molecular formula is C10H11BrFN. The van der Waals surface area contributed by atoms with E-state index in [1.807, 2.05) is 18.2 Å². The Labute approximate surface area is 85.5 Å². The molecule has 1 heterocycles. The lowest BCUT2D eigenvalue weighted by atomic mass is 10.0. The van der Waals surface area contributed by atoms with Crippen LogP contribution in [0.5, 0.6) is 0 Å². The van der Waals surface area contributed by atoms with Crippen molar-refractivity contribution in [1.29, 1.82) is 0 Å². The van der Waals surface area contributed by atoms with Crippen molar-refractivity contribution in [1.82, 2.24) is 5.32 Å². The van der Waals surface area contributed by atoms with Gasteiger partial charge in [-0.1, -0.05) is 22.0 Å². The summed E-state index contributed by atoms with van der Waals surface area (Å²) >= 11 is 3.36. The Kier molecular flexibility index (Phi) is 2.65. The van der Waals surface area contributed by atoms with E-state index in [2.05, 4.69) is 21.2 Å². The summed E-state index contributed by atoms with van der Waals surface area (Å²) in [5.74, 6) is 0. The lowest BCUT2D eigenvalue weighted by Gasteiger charge is -2.08. The van der Waals surface area contributed by atoms with Crippen molar-refractivity contribution < 1.29 is 4.39 Å². The normalized spacial score (nSPS) is 22.2. The molecule has 0 saturated carbocycles. The van der Waals surface area contributed by atoms with Crippen LogP contribution in [0.4, 0.5) is 4.39 Å². The number of halogens is 2. The summed E-state index contributed by atoms with van der Waals surface area (Å²) in [7, 11) is 0. The molecule has 3 heteroatoms. The van der Waals surface area contributed by atoms with E-state index in [-0.39, 0.29) is 0 Å². The van der Waals surface area contributed by atoms with Crippen LogP contribution in [0.25, 0.3) is 0 Å². The fourth-order valence-electron chi connectivity index (χ4n) is 1.65. The van der Waals surface area contributed by atoms with Crippen LogP contribution in [0.1, 0.15) is 17.3 Å². The molecule has 0 saturated heterocycles. The average Bonchev–Trinajstić information content (AvgIpc) is 2.29. The highest BCUT2D eigenvalue weighted by molar-refractivity contribution is 9.10. The third-order valence-electron chi connectivity index (χ3n) is 2.34. The maximum absolute atomic E-state index is 13.5. The maximum Gasteiger partial charge on any atom is 0.138 e. The predicted octanol–water partition coefficient (Wildman–Crippen LogP) is 2.61. The highest BCUT2D eigenvalue weighted by Gasteiger charge is 2.17. The van der Waals surface area contributed by atoms with Crippen LogP contribution in [-0.2, 0) is 6.42 Å². The Morgan fingerprint density at radius 1 is 1.46 bits per heavy atom. The minimum atomic E-state index is -0.866. The summed E-state index contributed by atoms with van der Waals surface area (Å²) < 4.78 is 14.5. The van der Waals surface area contributed by atoms with Gasteiger partial charge in [0, 0.05) is 11.0 Å². The monoisotopic (exact) mass is 243 g/mol. The molecule has 0 fully saturated rings. The molecule has 1 atom stereocenters. The molecule has 1 aliphatic heterocycles. The average molecular weight is 244 g/mol. The molecule has 13 heavy (non-hydrogen) atoms. The predicted molar refractivity (Wildman–Crippen MR) is 54.6 cm³/mol. The number of fused-ring (bicyclic) bond motifs is 1. The molecule has 1 aromatic carbocycles. The first-order valence-electron chi connectivity index (χ1n) is 4.40. The van der Waals surface area contributed by atoms with Gasteiger partial charge in [0.1, 0.15) is 6.17 Å². The molecule has 2 rings (SSSR count). The van der Waals surface area contributed by atoms with Crippen LogP contribution < -0.4 is 5.32 Å². The molecule has 0 aromatic heterocycles. The third-order valence-corrected chi connectivity index (χ3v) is 2.83. The van der Waals surface area contributed by atoms with E-state index >= 15 is 0 Å². The molecule has 1 aliphatic rings. The van der Waals surface area contributed by atoms with E-state index in [1.54, 1.807) is 0 Å². The molecule has 1 aromatic rings. The van der Waals surface area contributed by atoms with Gasteiger partial charge in [-0.2, -0.15) is 0 Å². The van der Waals surface area contributed by atoms with Gasteiger partial charge in [0.15, 0.2) is 0 Å². The first-order valence-corrected chi connectivity index (χ1v) is 5.20. The Bertz CT molecular complexity index is 314. The summed E-state index contributed by atoms with van der Waals surface area (Å²) in [6.45, 7) is 1.30. The molecule has 1 N–H and O–H groups in total. The summed E-state index contributed by atoms with van der Waals surface area (Å²) in [6, 6.07) is 5.85. The standard InChI is InChI=1S/C10H11BrFN/c11-8-2-1-7-3-4-13-6-10(12)9(7)5-8/h1-2,5,10,13H,3-4,6H2. The highest BCUT2D eigenvalue weighted by atomic mass is 79.9. The van der Waals surface area contributed by atoms with Gasteiger partial charge in [0.25, 0.3) is 0 Å². The van der Waals surface area contributed by atoms with Gasteiger partial charge in [0.05, 0.1) is 0 Å². The molecule has 0 amide bonds. The van der Waals surface area contributed by atoms with Crippen molar-refractivity contribution in [3.8, 4) is 0 Å². The molecule has 1 unspecified atom stereocenters. The van der Waals surface area contributed by atoms with Gasteiger partial charge in [-0.3, -0.25) is 0 Å². The number of benzene rings is 1. The van der Waals surface area contributed by atoms with Crippen LogP contribution in [0.2, 0.25) is 0 Å². The second-order valence-electron chi connectivity index (χ2n) is 3.26. The van der Waals surface area contributed by atoms with E-state index in [0.717, 1.165) is 28.6 Å². The zero-order valence-corrected chi connectivity index (χ0v) is 8.77. The highest BCUT2D eigenvalue weighted by Crippen LogP contribution is 2.26. The number of rotatable bonds is 0. The van der Waals surface area contributed by atoms with Crippen molar-refractivity contribution in [2.24, 2.45) is 0 Å². The quantitative estimate of drug-likeness (QED) is 0.739. The van der Waals surface area contributed by atoms with E-state index in [0.29, 0.717) is 6.54 Å². The Balaban J connectivity index is 2.43. The van der Waals surface area contributed by atoms with Gasteiger partial charge < -0.3 is 5.32 Å². The number of hydrogen-bond donors (Lipinski definition) is 1. The molecule has 1 nitrogen and oxygen atoms in total. The SMILES string of the molecule is FC1CNCCc2ccc(Br)cc21. The summed E-state index contributed by atoms with van der Waals surface area (Å²) in [6.07, 6.45) is 0.0539. The van der Waals surface area contributed by atoms with Gasteiger partial charge in [-0.15, -0.1) is 0 Å². The van der Waals surface area contributed by atoms with Crippen molar-refractivity contribution in [3.63, 3.8) is 0 Å². The van der Waals surface area contributed by atoms with Crippen molar-refractivity contribution in [3.05, 3.63) is 33.8 Å². The van der Waals surface area contributed by atoms with Crippen molar-refractivity contribution in [2.45, 2.75) is 12.6 Å². The van der Waals surface area contributed by atoms with E-state index in [9.17, 15) is 4.39 Å². The number of hydrogen-bond acceptors (Lipinski definition) is 1. The van der Waals surface area contributed by atoms with Crippen molar-refractivity contribution in [2.75, 3.05) is 13.1 Å². The Morgan fingerprint density at radius 3 is 3.15 bits per heavy atom. The molecule has 0 aliphatic carbocycles. The fourth-order valence-corrected chi connectivity index (χ4v) is 2.03. The maximum atomic E-state index is 13.5. The van der Waals surface area contributed by atoms with Gasteiger partial charge in [-0.05, 0) is 36.2 Å². The second-order valence-corrected chi connectivity index (χ2v) is 4.18. The first-order chi connectivity index (χ1) is 6.27. The number of nitrogens with one attached hydrogen (secondary N) is 1. The van der Waals surface area contributed by atoms with E-state index < -0.39 is 6.17 Å². The van der Waals surface area contributed by atoms with Gasteiger partial charge in [-0.25, -0.2) is 4.39 Å². The Morgan fingerprint density at radius 2 is 2.31 bits per heavy atom. The molecule has 0 radical (unpaired) electrons. The van der Waals surface area contributed by atoms with E-state index in [1.165, 1.54) is 0 Å². The fraction of sp³-hybridized carbons (Fsp3) is 0.400. The minimum absolute atomic E-state index is 0.434. The Hall–Kier alpha value is -0.410. The smallest absolute Gasteiger partial charge is 0.138 e. The van der Waals surface area contributed by atoms with E-state index in [4.69, 9.17) is 0 Å². The lowest BCUT2D eigenvalue weighted by molar-refractivity contribution is 0.335. The largest absolute Gasteiger partial charge is 0.313 e. The zero-order valence-electron chi connectivity index (χ0n) is 7.19. The van der Waals surface area contributed by atoms with Gasteiger partial charge in [0.2, 0.25) is 0 Å². The topological polar surface area (TPSA) is 12.0 Å². The van der Waals surface area contributed by atoms with Crippen LogP contribution in [0, 0.1) is 0 Å². The van der Waals surface area contributed by atoms with Crippen LogP contribution in [-0.4, -0.2) is 13.1 Å². The minimum Gasteiger partial charge on any atom is -0.313 e. The van der Waals surface area contributed by atoms with Gasteiger partial charge >= 0.3 is 0 Å². The zero-order chi connectivity index (χ0) is 9.26. The molecular weight excluding hydrogens is 233 g/mol. The van der Waals surface area contributed by atoms with Crippen molar-refractivity contribution >= 4 is 15.9 Å². The summed E-state index contributed by atoms with van der Waals surface area (Å²) in [5, 5.41) is 3.07. The van der Waals surface area contributed by atoms with Crippen LogP contribution >= 0.6 is 15.9 Å². The lowest BCUT2D eigenvalue weighted by Crippen LogP contribution is -2.18. The number of alkyl halides is 1. The summed E-state index contributed by atoms with van der Waals surface area (Å²) in [5.41, 5.74) is 1.96.